The van der Waals surface area contributed by atoms with Crippen LogP contribution in [0.15, 0.2) is 24.3 Å². The van der Waals surface area contributed by atoms with Crippen LogP contribution in [0.25, 0.3) is 0 Å². The fraction of sp³-hybridized carbons (Fsp3) is 0.500. The zero-order valence-corrected chi connectivity index (χ0v) is 9.68. The van der Waals surface area contributed by atoms with Crippen molar-refractivity contribution in [3.8, 4) is 0 Å². The molecular weight excluding hydrogens is 234 g/mol. The van der Waals surface area contributed by atoms with E-state index in [2.05, 4.69) is 5.32 Å². The highest BCUT2D eigenvalue weighted by atomic mass is 19.4. The lowest BCUT2D eigenvalue weighted by atomic mass is 10.0. The van der Waals surface area contributed by atoms with Gasteiger partial charge in [-0.25, -0.2) is 4.39 Å². The van der Waals surface area contributed by atoms with Crippen molar-refractivity contribution in [2.45, 2.75) is 31.7 Å². The van der Waals surface area contributed by atoms with Gasteiger partial charge in [0.15, 0.2) is 0 Å². The molecule has 5 heteroatoms. The third-order valence-corrected chi connectivity index (χ3v) is 2.57. The first-order valence-corrected chi connectivity index (χ1v) is 5.31. The van der Waals surface area contributed by atoms with Crippen molar-refractivity contribution >= 4 is 0 Å². The third-order valence-electron chi connectivity index (χ3n) is 2.57. The Hall–Kier alpha value is -1.10. The fourth-order valence-corrected chi connectivity index (χ4v) is 1.52. The molecule has 0 aliphatic heterocycles. The number of halogens is 4. The summed E-state index contributed by atoms with van der Waals surface area (Å²) < 4.78 is 49.7. The molecule has 0 spiro atoms. The van der Waals surface area contributed by atoms with Crippen LogP contribution in [0.4, 0.5) is 17.6 Å². The summed E-state index contributed by atoms with van der Waals surface area (Å²) in [5.74, 6) is 0. The Morgan fingerprint density at radius 1 is 1.29 bits per heavy atom. The Balaban J connectivity index is 2.86. The molecule has 0 bridgehead atoms. The van der Waals surface area contributed by atoms with Crippen molar-refractivity contribution in [2.24, 2.45) is 0 Å². The largest absolute Gasteiger partial charge is 0.423 e. The minimum atomic E-state index is -4.84. The molecule has 0 amide bonds. The molecular formula is C12H15F4N. The van der Waals surface area contributed by atoms with Gasteiger partial charge in [-0.15, -0.1) is 0 Å². The van der Waals surface area contributed by atoms with Gasteiger partial charge in [0.2, 0.25) is 6.17 Å². The van der Waals surface area contributed by atoms with E-state index in [4.69, 9.17) is 0 Å². The van der Waals surface area contributed by atoms with Gasteiger partial charge in [-0.05, 0) is 31.5 Å². The van der Waals surface area contributed by atoms with E-state index in [1.807, 2.05) is 6.92 Å². The Kier molecular flexibility index (Phi) is 4.51. The van der Waals surface area contributed by atoms with E-state index >= 15 is 0 Å². The summed E-state index contributed by atoms with van der Waals surface area (Å²) in [5.41, 5.74) is 0.356. The van der Waals surface area contributed by atoms with Crippen LogP contribution in [0, 0.1) is 0 Å². The average molecular weight is 249 g/mol. The van der Waals surface area contributed by atoms with E-state index in [1.165, 1.54) is 12.1 Å². The van der Waals surface area contributed by atoms with Gasteiger partial charge in [-0.3, -0.25) is 0 Å². The van der Waals surface area contributed by atoms with Crippen molar-refractivity contribution in [3.63, 3.8) is 0 Å². The van der Waals surface area contributed by atoms with Gasteiger partial charge in [0.25, 0.3) is 0 Å². The number of hydrogen-bond donors (Lipinski definition) is 1. The summed E-state index contributed by atoms with van der Waals surface area (Å²) in [7, 11) is 1.77. The lowest BCUT2D eigenvalue weighted by Crippen LogP contribution is -2.23. The lowest BCUT2D eigenvalue weighted by molar-refractivity contribution is -0.182. The van der Waals surface area contributed by atoms with Crippen molar-refractivity contribution in [1.29, 1.82) is 0 Å². The first-order valence-electron chi connectivity index (χ1n) is 5.31. The Morgan fingerprint density at radius 2 is 1.94 bits per heavy atom. The van der Waals surface area contributed by atoms with Crippen LogP contribution in [0.1, 0.15) is 24.2 Å². The van der Waals surface area contributed by atoms with E-state index in [0.717, 1.165) is 6.07 Å². The normalized spacial score (nSPS) is 15.6. The van der Waals surface area contributed by atoms with Gasteiger partial charge >= 0.3 is 6.18 Å². The predicted octanol–water partition coefficient (Wildman–Crippen LogP) is 3.41. The number of alkyl halides is 4. The molecule has 1 aromatic carbocycles. The molecule has 0 aliphatic carbocycles. The highest BCUT2D eigenvalue weighted by Crippen LogP contribution is 2.36. The summed E-state index contributed by atoms with van der Waals surface area (Å²) in [6.07, 6.45) is -7.19. The molecule has 1 N–H and O–H groups in total. The van der Waals surface area contributed by atoms with Crippen LogP contribution in [0.2, 0.25) is 0 Å². The van der Waals surface area contributed by atoms with Crippen LogP contribution in [-0.4, -0.2) is 19.3 Å². The maximum Gasteiger partial charge on any atom is 0.423 e. The summed E-state index contributed by atoms with van der Waals surface area (Å²) in [6.45, 7) is 1.91. The number of likely N-dealkylation sites (N-methyl/N-ethyl adjacent to an activating group) is 1. The lowest BCUT2D eigenvalue weighted by Gasteiger charge is -2.15. The third kappa shape index (κ3) is 4.00. The summed E-state index contributed by atoms with van der Waals surface area (Å²) in [6, 6.07) is 5.71. The van der Waals surface area contributed by atoms with Crippen LogP contribution >= 0.6 is 0 Å². The summed E-state index contributed by atoms with van der Waals surface area (Å²) in [4.78, 5) is 0. The maximum absolute atomic E-state index is 13.1. The van der Waals surface area contributed by atoms with E-state index in [9.17, 15) is 17.6 Å². The van der Waals surface area contributed by atoms with Gasteiger partial charge in [-0.2, -0.15) is 13.2 Å². The van der Waals surface area contributed by atoms with Gasteiger partial charge in [0, 0.05) is 6.04 Å². The van der Waals surface area contributed by atoms with Gasteiger partial charge in [0.1, 0.15) is 0 Å². The summed E-state index contributed by atoms with van der Waals surface area (Å²) >= 11 is 0. The van der Waals surface area contributed by atoms with E-state index in [1.54, 1.807) is 13.1 Å². The molecule has 96 valence electrons. The smallest absolute Gasteiger partial charge is 0.317 e. The highest BCUT2D eigenvalue weighted by Gasteiger charge is 2.41. The van der Waals surface area contributed by atoms with Crippen LogP contribution in [-0.2, 0) is 6.42 Å². The van der Waals surface area contributed by atoms with Crippen LogP contribution in [0.3, 0.4) is 0 Å². The standard InChI is InChI=1S/C12H15F4N/c1-8(17-2)6-9-4-3-5-10(7-9)11(13)12(14,15)16/h3-5,7-8,11,17H,6H2,1-2H3. The van der Waals surface area contributed by atoms with Crippen molar-refractivity contribution in [3.05, 3.63) is 35.4 Å². The van der Waals surface area contributed by atoms with Crippen molar-refractivity contribution in [1.82, 2.24) is 5.32 Å². The molecule has 0 saturated carbocycles. The van der Waals surface area contributed by atoms with Crippen LogP contribution in [0.5, 0.6) is 0 Å². The molecule has 0 saturated heterocycles. The molecule has 1 rings (SSSR count). The van der Waals surface area contributed by atoms with Crippen LogP contribution < -0.4 is 5.32 Å². The van der Waals surface area contributed by atoms with E-state index < -0.39 is 12.3 Å². The molecule has 0 radical (unpaired) electrons. The molecule has 2 unspecified atom stereocenters. The van der Waals surface area contributed by atoms with Crippen molar-refractivity contribution < 1.29 is 17.6 Å². The maximum atomic E-state index is 13.1. The van der Waals surface area contributed by atoms with Gasteiger partial charge < -0.3 is 5.32 Å². The molecule has 17 heavy (non-hydrogen) atoms. The molecule has 0 aromatic heterocycles. The second-order valence-electron chi connectivity index (χ2n) is 4.04. The predicted molar refractivity (Wildman–Crippen MR) is 58.6 cm³/mol. The SMILES string of the molecule is CNC(C)Cc1cccc(C(F)C(F)(F)F)c1. The number of rotatable bonds is 4. The monoisotopic (exact) mass is 249 g/mol. The number of hydrogen-bond acceptors (Lipinski definition) is 1. The minimum Gasteiger partial charge on any atom is -0.317 e. The zero-order valence-electron chi connectivity index (χ0n) is 9.68. The Bertz CT molecular complexity index is 362. The fourth-order valence-electron chi connectivity index (χ4n) is 1.52. The Morgan fingerprint density at radius 3 is 2.47 bits per heavy atom. The Labute approximate surface area is 97.8 Å². The van der Waals surface area contributed by atoms with Gasteiger partial charge in [-0.1, -0.05) is 24.3 Å². The molecule has 2 atom stereocenters. The molecule has 1 aromatic rings. The minimum absolute atomic E-state index is 0.134. The average Bonchev–Trinajstić information content (AvgIpc) is 2.27. The zero-order chi connectivity index (χ0) is 13.1. The quantitative estimate of drug-likeness (QED) is 0.806. The molecule has 0 fully saturated rings. The second-order valence-corrected chi connectivity index (χ2v) is 4.04. The van der Waals surface area contributed by atoms with Gasteiger partial charge in [0.05, 0.1) is 0 Å². The van der Waals surface area contributed by atoms with E-state index in [-0.39, 0.29) is 11.6 Å². The number of benzene rings is 1. The van der Waals surface area contributed by atoms with E-state index in [0.29, 0.717) is 12.0 Å². The van der Waals surface area contributed by atoms with Crippen molar-refractivity contribution in [2.75, 3.05) is 7.05 Å². The molecule has 0 aliphatic rings. The summed E-state index contributed by atoms with van der Waals surface area (Å²) in [5, 5.41) is 2.98. The highest BCUT2D eigenvalue weighted by molar-refractivity contribution is 5.26. The second kappa shape index (κ2) is 5.49. The molecule has 1 nitrogen and oxygen atoms in total. The first-order chi connectivity index (χ1) is 7.84. The number of nitrogens with one attached hydrogen (secondary N) is 1. The first kappa shape index (κ1) is 14.0. The molecule has 0 heterocycles. The topological polar surface area (TPSA) is 12.0 Å².